The molecule has 7 atom stereocenters. The minimum absolute atomic E-state index is 0.00792. The first-order valence-corrected chi connectivity index (χ1v) is 10.5. The lowest BCUT2D eigenvalue weighted by atomic mass is 9.84. The maximum absolute atomic E-state index is 12.9. The highest BCUT2D eigenvalue weighted by Crippen LogP contribution is 2.39. The van der Waals surface area contributed by atoms with E-state index in [0.717, 1.165) is 6.54 Å². The van der Waals surface area contributed by atoms with Crippen molar-refractivity contribution in [2.45, 2.75) is 51.8 Å². The Labute approximate surface area is 174 Å². The van der Waals surface area contributed by atoms with Crippen molar-refractivity contribution >= 4 is 17.6 Å². The molecule has 3 N–H and O–H groups in total. The molecule has 2 amide bonds. The number of carbonyl (C=O) groups is 3. The van der Waals surface area contributed by atoms with E-state index in [9.17, 15) is 19.5 Å². The summed E-state index contributed by atoms with van der Waals surface area (Å²) in [7, 11) is 5.48. The van der Waals surface area contributed by atoms with Gasteiger partial charge in [-0.25, -0.2) is 0 Å². The van der Waals surface area contributed by atoms with E-state index in [4.69, 9.17) is 5.73 Å². The van der Waals surface area contributed by atoms with Crippen molar-refractivity contribution in [2.24, 2.45) is 29.4 Å². The number of carbonyl (C=O) groups excluding carboxylic acids is 3. The number of likely N-dealkylation sites (N-methyl/N-ethyl adjacent to an activating group) is 1. The van der Waals surface area contributed by atoms with Crippen LogP contribution in [-0.2, 0) is 14.4 Å². The maximum atomic E-state index is 12.9. The van der Waals surface area contributed by atoms with Gasteiger partial charge >= 0.3 is 0 Å². The molecule has 2 aliphatic rings. The number of nitrogens with zero attached hydrogens (tertiary/aromatic N) is 3. The summed E-state index contributed by atoms with van der Waals surface area (Å²) in [6.07, 6.45) is -0.251. The Morgan fingerprint density at radius 1 is 1.14 bits per heavy atom. The van der Waals surface area contributed by atoms with Crippen LogP contribution in [-0.4, -0.2) is 96.4 Å². The van der Waals surface area contributed by atoms with Gasteiger partial charge in [-0.3, -0.25) is 14.5 Å². The molecule has 2 rings (SSSR count). The van der Waals surface area contributed by atoms with Crippen LogP contribution in [0.5, 0.6) is 0 Å². The molecule has 8 heteroatoms. The Kier molecular flexibility index (Phi) is 7.81. The van der Waals surface area contributed by atoms with Gasteiger partial charge in [0.1, 0.15) is 11.8 Å². The Morgan fingerprint density at radius 2 is 1.76 bits per heavy atom. The van der Waals surface area contributed by atoms with E-state index in [1.165, 1.54) is 0 Å². The number of aliphatic hydroxyl groups excluding tert-OH is 1. The van der Waals surface area contributed by atoms with Crippen molar-refractivity contribution in [1.29, 1.82) is 0 Å². The fourth-order valence-electron chi connectivity index (χ4n) is 5.49. The van der Waals surface area contributed by atoms with Gasteiger partial charge in [0.05, 0.1) is 6.10 Å². The second-order valence-corrected chi connectivity index (χ2v) is 9.52. The second-order valence-electron chi connectivity index (χ2n) is 9.52. The molecule has 0 aromatic rings. The van der Waals surface area contributed by atoms with Crippen LogP contribution in [0.4, 0.5) is 0 Å². The third-order valence-corrected chi connectivity index (χ3v) is 6.76. The van der Waals surface area contributed by atoms with Crippen LogP contribution in [0.3, 0.4) is 0 Å². The average Bonchev–Trinajstić information content (AvgIpc) is 3.09. The first-order valence-electron chi connectivity index (χ1n) is 10.5. The second kappa shape index (κ2) is 9.53. The Morgan fingerprint density at radius 3 is 2.28 bits per heavy atom. The van der Waals surface area contributed by atoms with E-state index in [2.05, 4.69) is 18.9 Å². The van der Waals surface area contributed by atoms with Crippen molar-refractivity contribution in [3.63, 3.8) is 0 Å². The third kappa shape index (κ3) is 5.35. The molecule has 166 valence electrons. The zero-order valence-corrected chi connectivity index (χ0v) is 18.7. The number of nitrogens with two attached hydrogens (primary N) is 1. The van der Waals surface area contributed by atoms with Crippen molar-refractivity contribution < 1.29 is 19.5 Å². The van der Waals surface area contributed by atoms with Crippen molar-refractivity contribution in [3.8, 4) is 0 Å². The Balaban J connectivity index is 1.98. The number of aliphatic hydroxyl groups is 1. The summed E-state index contributed by atoms with van der Waals surface area (Å²) in [6.45, 7) is 7.88. The molecule has 2 fully saturated rings. The number of Topliss-reactive ketones (excluding diaryl/α,β-unsaturated/α-hetero) is 1. The summed E-state index contributed by atoms with van der Waals surface area (Å²) in [5.74, 6) is 0.296. The first-order chi connectivity index (χ1) is 13.4. The van der Waals surface area contributed by atoms with E-state index < -0.39 is 18.1 Å². The summed E-state index contributed by atoms with van der Waals surface area (Å²) >= 11 is 0. The molecule has 2 aliphatic heterocycles. The quantitative estimate of drug-likeness (QED) is 0.545. The largest absolute Gasteiger partial charge is 0.391 e. The topological polar surface area (TPSA) is 107 Å². The zero-order chi connectivity index (χ0) is 22.0. The molecule has 8 nitrogen and oxygen atoms in total. The maximum Gasteiger partial charge on any atom is 0.237 e. The lowest BCUT2D eigenvalue weighted by Crippen LogP contribution is -2.51. The molecule has 0 aromatic heterocycles. The predicted molar refractivity (Wildman–Crippen MR) is 111 cm³/mol. The molecule has 2 heterocycles. The number of likely N-dealkylation sites (tertiary alicyclic amines) is 2. The fourth-order valence-corrected chi connectivity index (χ4v) is 5.49. The zero-order valence-electron chi connectivity index (χ0n) is 18.7. The molecule has 29 heavy (non-hydrogen) atoms. The smallest absolute Gasteiger partial charge is 0.237 e. The van der Waals surface area contributed by atoms with Gasteiger partial charge in [0.2, 0.25) is 11.8 Å². The average molecular weight is 411 g/mol. The molecule has 0 bridgehead atoms. The lowest BCUT2D eigenvalue weighted by Gasteiger charge is -2.32. The SMILES string of the molecule is CC(=O)C[C@@H](C)C1C2CN(C(=O)C[C@@H](C)[C@@H](O)[C@@H](C(N)=O)N(C)C)CC2CN1C. The summed E-state index contributed by atoms with van der Waals surface area (Å²) < 4.78 is 0. The molecule has 0 spiro atoms. The van der Waals surface area contributed by atoms with Gasteiger partial charge in [-0.2, -0.15) is 0 Å². The van der Waals surface area contributed by atoms with E-state index in [1.54, 1.807) is 32.8 Å². The van der Waals surface area contributed by atoms with Crippen LogP contribution in [0.1, 0.15) is 33.6 Å². The number of hydrogen-bond acceptors (Lipinski definition) is 6. The van der Waals surface area contributed by atoms with E-state index in [1.807, 2.05) is 4.90 Å². The standard InChI is InChI=1S/C21H38N4O4/c1-12(7-14(3)26)18-16-11-25(10-15(16)9-24(18)6)17(27)8-13(2)20(28)19(21(22)29)23(4)5/h12-13,15-16,18-20,28H,7-11H2,1-6H3,(H2,22,29)/t12-,13-,15?,16?,18?,19+,20-/m1/s1. The van der Waals surface area contributed by atoms with E-state index in [-0.39, 0.29) is 29.9 Å². The molecular weight excluding hydrogens is 372 g/mol. The summed E-state index contributed by atoms with van der Waals surface area (Å²) in [5, 5.41) is 10.6. The highest BCUT2D eigenvalue weighted by Gasteiger charge is 2.48. The third-order valence-electron chi connectivity index (χ3n) is 6.76. The molecular formula is C21H38N4O4. The molecule has 0 saturated carbocycles. The molecule has 2 saturated heterocycles. The van der Waals surface area contributed by atoms with Crippen LogP contribution < -0.4 is 5.73 Å². The van der Waals surface area contributed by atoms with Crippen molar-refractivity contribution in [1.82, 2.24) is 14.7 Å². The highest BCUT2D eigenvalue weighted by molar-refractivity contribution is 5.81. The van der Waals surface area contributed by atoms with Gasteiger partial charge in [-0.05, 0) is 51.7 Å². The van der Waals surface area contributed by atoms with Crippen LogP contribution in [0, 0.1) is 23.7 Å². The van der Waals surface area contributed by atoms with Crippen LogP contribution in [0.2, 0.25) is 0 Å². The number of amides is 2. The van der Waals surface area contributed by atoms with E-state index in [0.29, 0.717) is 37.4 Å². The van der Waals surface area contributed by atoms with E-state index >= 15 is 0 Å². The van der Waals surface area contributed by atoms with Gasteiger partial charge in [0.15, 0.2) is 0 Å². The van der Waals surface area contributed by atoms with Gasteiger partial charge < -0.3 is 25.4 Å². The van der Waals surface area contributed by atoms with Crippen LogP contribution >= 0.6 is 0 Å². The van der Waals surface area contributed by atoms with Crippen molar-refractivity contribution in [3.05, 3.63) is 0 Å². The van der Waals surface area contributed by atoms with Crippen molar-refractivity contribution in [2.75, 3.05) is 40.8 Å². The summed E-state index contributed by atoms with van der Waals surface area (Å²) in [5.41, 5.74) is 5.42. The normalized spacial score (nSPS) is 28.8. The fraction of sp³-hybridized carbons (Fsp3) is 0.857. The lowest BCUT2D eigenvalue weighted by molar-refractivity contribution is -0.135. The Bertz CT molecular complexity index is 626. The minimum atomic E-state index is -0.997. The first kappa shape index (κ1) is 23.8. The number of fused-ring (bicyclic) bond motifs is 1. The number of ketones is 1. The molecule has 0 aliphatic carbocycles. The summed E-state index contributed by atoms with van der Waals surface area (Å²) in [4.78, 5) is 42.0. The van der Waals surface area contributed by atoms with Gasteiger partial charge in [-0.15, -0.1) is 0 Å². The van der Waals surface area contributed by atoms with Gasteiger partial charge in [0.25, 0.3) is 0 Å². The number of hydrogen-bond donors (Lipinski definition) is 2. The van der Waals surface area contributed by atoms with Crippen LogP contribution in [0.25, 0.3) is 0 Å². The Hall–Kier alpha value is -1.51. The van der Waals surface area contributed by atoms with Crippen LogP contribution in [0.15, 0.2) is 0 Å². The summed E-state index contributed by atoms with van der Waals surface area (Å²) in [6, 6.07) is -0.515. The molecule has 0 radical (unpaired) electrons. The predicted octanol–water partition coefficient (Wildman–Crippen LogP) is -0.207. The highest BCUT2D eigenvalue weighted by atomic mass is 16.3. The molecule has 0 aromatic carbocycles. The minimum Gasteiger partial charge on any atom is -0.391 e. The van der Waals surface area contributed by atoms with Gasteiger partial charge in [-0.1, -0.05) is 13.8 Å². The number of primary amides is 1. The monoisotopic (exact) mass is 410 g/mol. The molecule has 3 unspecified atom stereocenters. The van der Waals surface area contributed by atoms with Gasteiger partial charge in [0, 0.05) is 38.5 Å². The number of rotatable bonds is 9.